The van der Waals surface area contributed by atoms with Gasteiger partial charge in [-0.15, -0.1) is 0 Å². The quantitative estimate of drug-likeness (QED) is 0.410. The number of anilines is 1. The molecule has 35 heavy (non-hydrogen) atoms. The van der Waals surface area contributed by atoms with Crippen molar-refractivity contribution in [2.24, 2.45) is 5.10 Å². The summed E-state index contributed by atoms with van der Waals surface area (Å²) in [7, 11) is 1.61. The molecule has 3 aromatic rings. The number of H-pyrrole nitrogens is 1. The van der Waals surface area contributed by atoms with Crippen LogP contribution in [0.5, 0.6) is 11.5 Å². The van der Waals surface area contributed by atoms with Crippen LogP contribution >= 0.6 is 11.8 Å². The second kappa shape index (κ2) is 11.1. The molecule has 8 nitrogen and oxygen atoms in total. The Kier molecular flexibility index (Phi) is 7.77. The molecule has 0 saturated heterocycles. The van der Waals surface area contributed by atoms with Crippen molar-refractivity contribution in [2.45, 2.75) is 32.1 Å². The second-order valence-electron chi connectivity index (χ2n) is 7.86. The van der Waals surface area contributed by atoms with Gasteiger partial charge in [0.2, 0.25) is 0 Å². The van der Waals surface area contributed by atoms with Gasteiger partial charge in [0.15, 0.2) is 11.5 Å². The predicted octanol–water partition coefficient (Wildman–Crippen LogP) is 5.53. The lowest BCUT2D eigenvalue weighted by atomic mass is 10.0. The monoisotopic (exact) mass is 492 g/mol. The third kappa shape index (κ3) is 5.68. The lowest BCUT2D eigenvalue weighted by Gasteiger charge is -2.28. The zero-order valence-electron chi connectivity index (χ0n) is 19.9. The van der Waals surface area contributed by atoms with E-state index < -0.39 is 0 Å². The van der Waals surface area contributed by atoms with Gasteiger partial charge in [0.25, 0.3) is 5.91 Å². The summed E-state index contributed by atoms with van der Waals surface area (Å²) < 4.78 is 11.1. The van der Waals surface area contributed by atoms with Crippen molar-refractivity contribution in [2.75, 3.05) is 19.0 Å². The zero-order valence-corrected chi connectivity index (χ0v) is 20.7. The topological polar surface area (TPSA) is 96.0 Å². The van der Waals surface area contributed by atoms with Gasteiger partial charge in [-0.1, -0.05) is 30.8 Å². The number of thioether (sulfide) groups is 1. The number of aromatic amines is 1. The van der Waals surface area contributed by atoms with E-state index in [1.54, 1.807) is 25.4 Å². The van der Waals surface area contributed by atoms with Crippen molar-refractivity contribution < 1.29 is 19.1 Å². The van der Waals surface area contributed by atoms with Gasteiger partial charge in [0.05, 0.1) is 31.2 Å². The second-order valence-corrected chi connectivity index (χ2v) is 9.01. The normalized spacial score (nSPS) is 15.5. The SMILES string of the molecule is CCOc1ccc(C2=NN(Cc3ccc(NC(=O)c4ccc[nH]4)cc3)C(=O)SC2CC)cc1OC. The minimum Gasteiger partial charge on any atom is -0.493 e. The Labute approximate surface area is 208 Å². The number of nitrogens with one attached hydrogen (secondary N) is 2. The highest BCUT2D eigenvalue weighted by molar-refractivity contribution is 8.14. The first-order valence-electron chi connectivity index (χ1n) is 11.4. The summed E-state index contributed by atoms with van der Waals surface area (Å²) in [6, 6.07) is 16.6. The Balaban J connectivity index is 1.52. The summed E-state index contributed by atoms with van der Waals surface area (Å²) in [6.45, 7) is 4.84. The lowest BCUT2D eigenvalue weighted by Crippen LogP contribution is -2.34. The Morgan fingerprint density at radius 2 is 1.94 bits per heavy atom. The van der Waals surface area contributed by atoms with Crippen LogP contribution in [0.15, 0.2) is 65.9 Å². The molecule has 1 aromatic heterocycles. The van der Waals surface area contributed by atoms with Crippen molar-refractivity contribution in [3.63, 3.8) is 0 Å². The van der Waals surface area contributed by atoms with Gasteiger partial charge in [0, 0.05) is 17.4 Å². The maximum absolute atomic E-state index is 12.8. The van der Waals surface area contributed by atoms with E-state index in [2.05, 4.69) is 10.3 Å². The number of carbonyl (C=O) groups is 2. The molecule has 0 spiro atoms. The van der Waals surface area contributed by atoms with Gasteiger partial charge in [0.1, 0.15) is 5.69 Å². The molecular weight excluding hydrogens is 464 g/mol. The van der Waals surface area contributed by atoms with Gasteiger partial charge in [-0.2, -0.15) is 5.10 Å². The molecule has 4 rings (SSSR count). The van der Waals surface area contributed by atoms with Gasteiger partial charge >= 0.3 is 5.24 Å². The molecule has 1 aliphatic rings. The first kappa shape index (κ1) is 24.4. The van der Waals surface area contributed by atoms with Crippen molar-refractivity contribution in [1.82, 2.24) is 9.99 Å². The van der Waals surface area contributed by atoms with E-state index in [4.69, 9.17) is 14.6 Å². The van der Waals surface area contributed by atoms with E-state index in [9.17, 15) is 9.59 Å². The van der Waals surface area contributed by atoms with Crippen LogP contribution in [0.1, 0.15) is 41.9 Å². The molecule has 0 saturated carbocycles. The van der Waals surface area contributed by atoms with E-state index in [0.717, 1.165) is 23.3 Å². The van der Waals surface area contributed by atoms with E-state index in [0.29, 0.717) is 36.0 Å². The van der Waals surface area contributed by atoms with Crippen LogP contribution in [-0.2, 0) is 6.54 Å². The van der Waals surface area contributed by atoms with Crippen LogP contribution in [0.4, 0.5) is 10.5 Å². The molecule has 2 N–H and O–H groups in total. The summed E-state index contributed by atoms with van der Waals surface area (Å²) in [5.74, 6) is 1.09. The minimum atomic E-state index is -0.212. The van der Waals surface area contributed by atoms with Gasteiger partial charge in [-0.25, -0.2) is 5.01 Å². The van der Waals surface area contributed by atoms with E-state index in [1.165, 1.54) is 16.8 Å². The highest BCUT2D eigenvalue weighted by Crippen LogP contribution is 2.34. The molecule has 1 aliphatic heterocycles. The molecule has 2 heterocycles. The highest BCUT2D eigenvalue weighted by atomic mass is 32.2. The predicted molar refractivity (Wildman–Crippen MR) is 138 cm³/mol. The fourth-order valence-electron chi connectivity index (χ4n) is 3.73. The molecule has 2 amide bonds. The number of benzene rings is 2. The Morgan fingerprint density at radius 3 is 2.60 bits per heavy atom. The summed E-state index contributed by atoms with van der Waals surface area (Å²) >= 11 is 1.28. The third-order valence-electron chi connectivity index (χ3n) is 5.50. The summed E-state index contributed by atoms with van der Waals surface area (Å²) in [6.07, 6.45) is 2.47. The molecule has 0 aliphatic carbocycles. The van der Waals surface area contributed by atoms with Crippen LogP contribution < -0.4 is 14.8 Å². The Morgan fingerprint density at radius 1 is 1.14 bits per heavy atom. The van der Waals surface area contributed by atoms with Crippen molar-refractivity contribution in [3.8, 4) is 11.5 Å². The Hall–Kier alpha value is -3.72. The summed E-state index contributed by atoms with van der Waals surface area (Å²) in [5, 5.41) is 8.94. The smallest absolute Gasteiger partial charge is 0.302 e. The number of amides is 2. The van der Waals surface area contributed by atoms with Gasteiger partial charge in [-0.3, -0.25) is 9.59 Å². The fraction of sp³-hybridized carbons (Fsp3) is 0.269. The third-order valence-corrected chi connectivity index (χ3v) is 6.76. The fourth-order valence-corrected chi connectivity index (χ4v) is 4.66. The number of rotatable bonds is 9. The maximum atomic E-state index is 12.8. The van der Waals surface area contributed by atoms with E-state index in [-0.39, 0.29) is 16.4 Å². The minimum absolute atomic E-state index is 0.0491. The molecular formula is C26H28N4O4S. The van der Waals surface area contributed by atoms with Crippen LogP contribution in [0, 0.1) is 0 Å². The Bertz CT molecular complexity index is 1210. The van der Waals surface area contributed by atoms with Crippen molar-refractivity contribution in [3.05, 3.63) is 77.6 Å². The average Bonchev–Trinajstić information content (AvgIpc) is 3.42. The molecule has 1 unspecified atom stereocenters. The molecule has 2 aromatic carbocycles. The number of hydrogen-bond donors (Lipinski definition) is 2. The summed E-state index contributed by atoms with van der Waals surface area (Å²) in [5.41, 5.74) is 3.78. The number of hydrogen-bond acceptors (Lipinski definition) is 6. The summed E-state index contributed by atoms with van der Waals surface area (Å²) in [4.78, 5) is 27.9. The molecule has 0 radical (unpaired) electrons. The first-order valence-corrected chi connectivity index (χ1v) is 12.3. The molecule has 182 valence electrons. The van der Waals surface area contributed by atoms with Crippen molar-refractivity contribution >= 4 is 34.3 Å². The number of carbonyl (C=O) groups excluding carboxylic acids is 2. The average molecular weight is 493 g/mol. The van der Waals surface area contributed by atoms with Crippen LogP contribution in [-0.4, -0.2) is 45.8 Å². The maximum Gasteiger partial charge on any atom is 0.302 e. The largest absolute Gasteiger partial charge is 0.493 e. The lowest BCUT2D eigenvalue weighted by molar-refractivity contribution is 0.102. The number of methoxy groups -OCH3 is 1. The number of nitrogens with zero attached hydrogens (tertiary/aromatic N) is 2. The molecule has 0 bridgehead atoms. The van der Waals surface area contributed by atoms with Gasteiger partial charge in [-0.05, 0) is 61.4 Å². The number of hydrazone groups is 1. The van der Waals surface area contributed by atoms with Crippen LogP contribution in [0.25, 0.3) is 0 Å². The van der Waals surface area contributed by atoms with E-state index >= 15 is 0 Å². The first-order chi connectivity index (χ1) is 17.0. The van der Waals surface area contributed by atoms with Crippen LogP contribution in [0.2, 0.25) is 0 Å². The van der Waals surface area contributed by atoms with E-state index in [1.807, 2.05) is 56.3 Å². The zero-order chi connectivity index (χ0) is 24.8. The number of ether oxygens (including phenoxy) is 2. The molecule has 1 atom stereocenters. The standard InChI is InChI=1S/C26H28N4O4S/c1-4-23-24(18-10-13-21(34-5-2)22(15-18)33-3)29-30(26(32)35-23)16-17-8-11-19(12-9-17)28-25(31)20-7-6-14-27-20/h6-15,23,27H,4-5,16H2,1-3H3,(H,28,31). The number of aromatic nitrogens is 1. The molecule has 0 fully saturated rings. The molecule has 9 heteroatoms. The highest BCUT2D eigenvalue weighted by Gasteiger charge is 2.30. The van der Waals surface area contributed by atoms with Crippen LogP contribution in [0.3, 0.4) is 0 Å². The van der Waals surface area contributed by atoms with Crippen molar-refractivity contribution in [1.29, 1.82) is 0 Å². The van der Waals surface area contributed by atoms with Gasteiger partial charge < -0.3 is 19.8 Å².